The van der Waals surface area contributed by atoms with Crippen LogP contribution in [0.5, 0.6) is 5.75 Å². The maximum absolute atomic E-state index is 10.7. The summed E-state index contributed by atoms with van der Waals surface area (Å²) < 4.78 is 6.43. The SMILES string of the molecule is C/C(=C/COc1c(I)cc(Cl)c2ccc(Cl)nc12)C(=O)O. The lowest BCUT2D eigenvalue weighted by molar-refractivity contribution is -0.132. The van der Waals surface area contributed by atoms with Crippen molar-refractivity contribution in [3.05, 3.63) is 43.6 Å². The van der Waals surface area contributed by atoms with Gasteiger partial charge in [0.15, 0.2) is 5.75 Å². The highest BCUT2D eigenvalue weighted by molar-refractivity contribution is 14.1. The van der Waals surface area contributed by atoms with Gasteiger partial charge in [0.25, 0.3) is 0 Å². The van der Waals surface area contributed by atoms with E-state index in [1.54, 1.807) is 18.2 Å². The van der Waals surface area contributed by atoms with E-state index >= 15 is 0 Å². The number of aromatic nitrogens is 1. The predicted octanol–water partition coefficient (Wildman–Crippen LogP) is 4.56. The van der Waals surface area contributed by atoms with Crippen LogP contribution in [0, 0.1) is 3.57 Å². The van der Waals surface area contributed by atoms with E-state index in [0.717, 1.165) is 8.96 Å². The van der Waals surface area contributed by atoms with Gasteiger partial charge in [0, 0.05) is 11.0 Å². The van der Waals surface area contributed by atoms with E-state index in [9.17, 15) is 4.79 Å². The second-order valence-corrected chi connectivity index (χ2v) is 6.16. The lowest BCUT2D eigenvalue weighted by Gasteiger charge is -2.11. The van der Waals surface area contributed by atoms with Crippen LogP contribution in [-0.4, -0.2) is 22.7 Å². The molecule has 1 aromatic carbocycles. The summed E-state index contributed by atoms with van der Waals surface area (Å²) >= 11 is 14.2. The Balaban J connectivity index is 2.41. The number of carbonyl (C=O) groups is 1. The minimum absolute atomic E-state index is 0.124. The molecular weight excluding hydrogens is 428 g/mol. The van der Waals surface area contributed by atoms with Crippen molar-refractivity contribution in [1.82, 2.24) is 4.98 Å². The normalized spacial score (nSPS) is 11.7. The molecular formula is C14H10Cl2INO3. The number of rotatable bonds is 4. The van der Waals surface area contributed by atoms with Crippen molar-refractivity contribution >= 4 is 62.7 Å². The molecule has 2 rings (SSSR count). The molecule has 0 radical (unpaired) electrons. The highest BCUT2D eigenvalue weighted by atomic mass is 127. The fourth-order valence-electron chi connectivity index (χ4n) is 1.64. The standard InChI is InChI=1S/C14H10Cl2INO3/c1-7(14(19)20)4-5-21-13-10(17)6-9(15)8-2-3-11(16)18-12(8)13/h2-4,6H,5H2,1H3,(H,19,20)/b7-4-. The highest BCUT2D eigenvalue weighted by Gasteiger charge is 2.13. The van der Waals surface area contributed by atoms with Crippen molar-refractivity contribution in [2.45, 2.75) is 6.92 Å². The lowest BCUT2D eigenvalue weighted by atomic mass is 10.2. The molecule has 21 heavy (non-hydrogen) atoms. The molecule has 0 unspecified atom stereocenters. The quantitative estimate of drug-likeness (QED) is 0.433. The molecule has 0 amide bonds. The van der Waals surface area contributed by atoms with E-state index in [4.69, 9.17) is 33.0 Å². The molecule has 0 aliphatic rings. The molecule has 1 N–H and O–H groups in total. The molecule has 2 aromatic rings. The van der Waals surface area contributed by atoms with Gasteiger partial charge in [0.1, 0.15) is 17.3 Å². The summed E-state index contributed by atoms with van der Waals surface area (Å²) in [6, 6.07) is 5.19. The number of fused-ring (bicyclic) bond motifs is 1. The van der Waals surface area contributed by atoms with Crippen molar-refractivity contribution in [2.24, 2.45) is 0 Å². The average molecular weight is 438 g/mol. The zero-order valence-electron chi connectivity index (χ0n) is 10.9. The number of nitrogens with zero attached hydrogens (tertiary/aromatic N) is 1. The van der Waals surface area contributed by atoms with Gasteiger partial charge >= 0.3 is 5.97 Å². The summed E-state index contributed by atoms with van der Waals surface area (Å²) in [5, 5.41) is 10.4. The van der Waals surface area contributed by atoms with E-state index in [1.807, 2.05) is 0 Å². The van der Waals surface area contributed by atoms with Crippen LogP contribution in [0.2, 0.25) is 10.2 Å². The monoisotopic (exact) mass is 437 g/mol. The second kappa shape index (κ2) is 6.81. The molecule has 4 nitrogen and oxygen atoms in total. The molecule has 1 aromatic heterocycles. The Bertz CT molecular complexity index is 747. The molecule has 110 valence electrons. The van der Waals surface area contributed by atoms with Gasteiger partial charge < -0.3 is 9.84 Å². The van der Waals surface area contributed by atoms with Crippen LogP contribution in [0.15, 0.2) is 29.8 Å². The fourth-order valence-corrected chi connectivity index (χ4v) is 2.96. The Labute approximate surface area is 144 Å². The Hall–Kier alpha value is -1.05. The number of hydrogen-bond donors (Lipinski definition) is 1. The molecule has 0 saturated heterocycles. The van der Waals surface area contributed by atoms with Crippen LogP contribution in [0.1, 0.15) is 6.92 Å². The Morgan fingerprint density at radius 1 is 1.48 bits per heavy atom. The highest BCUT2D eigenvalue weighted by Crippen LogP contribution is 2.35. The first-order chi connectivity index (χ1) is 9.90. The third-order valence-electron chi connectivity index (χ3n) is 2.76. The van der Waals surface area contributed by atoms with Crippen molar-refractivity contribution in [1.29, 1.82) is 0 Å². The molecule has 0 saturated carbocycles. The van der Waals surface area contributed by atoms with Crippen LogP contribution in [0.25, 0.3) is 10.9 Å². The first kappa shape index (κ1) is 16.3. The molecule has 1 heterocycles. The van der Waals surface area contributed by atoms with Crippen LogP contribution in [0.3, 0.4) is 0 Å². The summed E-state index contributed by atoms with van der Waals surface area (Å²) in [6.07, 6.45) is 1.49. The fraction of sp³-hybridized carbons (Fsp3) is 0.143. The number of hydrogen-bond acceptors (Lipinski definition) is 3. The number of aliphatic carboxylic acids is 1. The van der Waals surface area contributed by atoms with Crippen molar-refractivity contribution in [2.75, 3.05) is 6.61 Å². The molecule has 0 fully saturated rings. The third-order valence-corrected chi connectivity index (χ3v) is 4.08. The summed E-state index contributed by atoms with van der Waals surface area (Å²) in [4.78, 5) is 15.0. The lowest BCUT2D eigenvalue weighted by Crippen LogP contribution is -2.02. The molecule has 0 bridgehead atoms. The van der Waals surface area contributed by atoms with Crippen LogP contribution in [0.4, 0.5) is 0 Å². The minimum Gasteiger partial charge on any atom is -0.486 e. The zero-order chi connectivity index (χ0) is 15.6. The van der Waals surface area contributed by atoms with Crippen LogP contribution < -0.4 is 4.74 Å². The summed E-state index contributed by atoms with van der Waals surface area (Å²) in [5.41, 5.74) is 0.773. The average Bonchev–Trinajstić information content (AvgIpc) is 2.41. The number of halogens is 3. The van der Waals surface area contributed by atoms with Gasteiger partial charge in [-0.2, -0.15) is 0 Å². The Morgan fingerprint density at radius 3 is 2.86 bits per heavy atom. The van der Waals surface area contributed by atoms with Gasteiger partial charge in [-0.15, -0.1) is 0 Å². The summed E-state index contributed by atoms with van der Waals surface area (Å²) in [7, 11) is 0. The molecule has 0 aliphatic heterocycles. The maximum atomic E-state index is 10.7. The molecule has 0 spiro atoms. The largest absolute Gasteiger partial charge is 0.486 e. The molecule has 0 atom stereocenters. The summed E-state index contributed by atoms with van der Waals surface area (Å²) in [6.45, 7) is 1.63. The van der Waals surface area contributed by atoms with Crippen molar-refractivity contribution < 1.29 is 14.6 Å². The number of pyridine rings is 1. The van der Waals surface area contributed by atoms with Gasteiger partial charge in [0.2, 0.25) is 0 Å². The van der Waals surface area contributed by atoms with Gasteiger partial charge in [-0.1, -0.05) is 23.2 Å². The van der Waals surface area contributed by atoms with Gasteiger partial charge in [-0.05, 0) is 53.8 Å². The minimum atomic E-state index is -0.976. The Morgan fingerprint density at radius 2 is 2.19 bits per heavy atom. The third kappa shape index (κ3) is 3.78. The van der Waals surface area contributed by atoms with E-state index in [0.29, 0.717) is 21.4 Å². The summed E-state index contributed by atoms with van der Waals surface area (Å²) in [5.74, 6) is -0.442. The number of ether oxygens (including phenoxy) is 1. The van der Waals surface area contributed by atoms with E-state index < -0.39 is 5.97 Å². The van der Waals surface area contributed by atoms with Crippen LogP contribution in [-0.2, 0) is 4.79 Å². The van der Waals surface area contributed by atoms with Gasteiger partial charge in [-0.3, -0.25) is 0 Å². The first-order valence-electron chi connectivity index (χ1n) is 5.87. The second-order valence-electron chi connectivity index (χ2n) is 4.20. The maximum Gasteiger partial charge on any atom is 0.331 e. The molecule has 7 heteroatoms. The first-order valence-corrected chi connectivity index (χ1v) is 7.70. The van der Waals surface area contributed by atoms with Crippen molar-refractivity contribution in [3.8, 4) is 5.75 Å². The number of benzene rings is 1. The predicted molar refractivity (Wildman–Crippen MR) is 91.4 cm³/mol. The Kier molecular flexibility index (Phi) is 5.29. The molecule has 0 aliphatic carbocycles. The number of carboxylic acids is 1. The van der Waals surface area contributed by atoms with Gasteiger partial charge in [0.05, 0.1) is 8.59 Å². The van der Waals surface area contributed by atoms with Crippen molar-refractivity contribution in [3.63, 3.8) is 0 Å². The van der Waals surface area contributed by atoms with E-state index in [-0.39, 0.29) is 12.2 Å². The van der Waals surface area contributed by atoms with Crippen LogP contribution >= 0.6 is 45.8 Å². The van der Waals surface area contributed by atoms with Gasteiger partial charge in [-0.25, -0.2) is 9.78 Å². The smallest absolute Gasteiger partial charge is 0.331 e. The van der Waals surface area contributed by atoms with E-state index in [1.165, 1.54) is 13.0 Å². The van der Waals surface area contributed by atoms with E-state index in [2.05, 4.69) is 27.6 Å². The zero-order valence-corrected chi connectivity index (χ0v) is 14.5. The number of carboxylic acid groups (broad SMARTS) is 1. The topological polar surface area (TPSA) is 59.4 Å².